The van der Waals surface area contributed by atoms with Crippen LogP contribution in [0.15, 0.2) is 107 Å². The summed E-state index contributed by atoms with van der Waals surface area (Å²) < 4.78 is 7.60. The maximum atomic E-state index is 8.53. The van der Waals surface area contributed by atoms with Crippen molar-refractivity contribution in [3.8, 4) is 17.0 Å². The second-order valence-electron chi connectivity index (χ2n) is 7.55. The lowest BCUT2D eigenvalue weighted by atomic mass is 10.1. The number of carbonyl (C=O) groups excluding carboxylic acids is 1. The summed E-state index contributed by atoms with van der Waals surface area (Å²) in [6.45, 7) is 4.59. The van der Waals surface area contributed by atoms with E-state index >= 15 is 0 Å². The lowest BCUT2D eigenvalue weighted by Crippen LogP contribution is -2.08. The van der Waals surface area contributed by atoms with Crippen LogP contribution in [0.2, 0.25) is 0 Å². The van der Waals surface area contributed by atoms with Gasteiger partial charge in [-0.2, -0.15) is 0 Å². The molecule has 0 saturated carbocycles. The van der Waals surface area contributed by atoms with Crippen molar-refractivity contribution < 1.29 is 9.53 Å². The number of hydrogen-bond donors (Lipinski definition) is 2. The highest BCUT2D eigenvalue weighted by atomic mass is 32.2. The smallest absolute Gasteiger partial charge is 0.119 e. The van der Waals surface area contributed by atoms with Gasteiger partial charge in [0.2, 0.25) is 0 Å². The highest BCUT2D eigenvalue weighted by Crippen LogP contribution is 2.30. The number of allylic oxidation sites excluding steroid dienone is 3. The number of nitrogens with zero attached hydrogens (tertiary/aromatic N) is 1. The lowest BCUT2D eigenvalue weighted by Gasteiger charge is -2.11. The minimum absolute atomic E-state index is 0.496. The number of carbonyl (C=O) groups is 1. The first-order chi connectivity index (χ1) is 17.6. The van der Waals surface area contributed by atoms with Crippen LogP contribution in [0.3, 0.4) is 0 Å². The van der Waals surface area contributed by atoms with Crippen molar-refractivity contribution in [3.63, 3.8) is 0 Å². The summed E-state index contributed by atoms with van der Waals surface area (Å²) in [4.78, 5) is 9.21. The molecule has 0 aliphatic carbocycles. The molecule has 0 aliphatic rings. The molecule has 0 aliphatic heterocycles. The Morgan fingerprint density at radius 1 is 1.00 bits per heavy atom. The van der Waals surface area contributed by atoms with Crippen LogP contribution in [0.25, 0.3) is 22.2 Å². The molecule has 0 fully saturated rings. The van der Waals surface area contributed by atoms with Gasteiger partial charge < -0.3 is 25.2 Å². The number of nitrogens with one attached hydrogen (secondary N) is 1. The van der Waals surface area contributed by atoms with E-state index < -0.39 is 0 Å². The third-order valence-corrected chi connectivity index (χ3v) is 6.06. The number of aryl methyl sites for hydroxylation is 1. The lowest BCUT2D eigenvalue weighted by molar-refractivity contribution is -0.0979. The highest BCUT2D eigenvalue weighted by molar-refractivity contribution is 8.02. The molecule has 3 aromatic carbocycles. The maximum absolute atomic E-state index is 8.53. The monoisotopic (exact) mass is 499 g/mol. The first-order valence-electron chi connectivity index (χ1n) is 11.4. The first kappa shape index (κ1) is 28.4. The third-order valence-electron chi connectivity index (χ3n) is 5.22. The second-order valence-corrected chi connectivity index (χ2v) is 8.53. The number of benzene rings is 3. The predicted molar refractivity (Wildman–Crippen MR) is 154 cm³/mol. The standard InChI is InChI=1S/C28H26N2OS.CH5N.CH2O/c1-21-11-14-26(15-12-21)32-17-7-6-10-24(29)20-30-27-16-13-25(31-2)18-23(27)19-28(30)22-8-4-3-5-9-22;2*1-2/h3-19,29H,20H2,1-2H3;2H2,1H3;1H2/b10-6-,17-7+,29-24?;;. The molecule has 0 saturated heterocycles. The molecule has 1 heterocycles. The number of rotatable bonds is 8. The highest BCUT2D eigenvalue weighted by Gasteiger charge is 2.12. The molecule has 0 atom stereocenters. The normalized spacial score (nSPS) is 10.6. The molecule has 6 heteroatoms. The average molecular weight is 500 g/mol. The number of aromatic nitrogens is 1. The van der Waals surface area contributed by atoms with Crippen molar-refractivity contribution >= 4 is 35.2 Å². The fraction of sp³-hybridized carbons (Fsp3) is 0.133. The Bertz CT molecular complexity index is 1290. The Balaban J connectivity index is 0.00000109. The van der Waals surface area contributed by atoms with Gasteiger partial charge in [0.05, 0.1) is 19.4 Å². The average Bonchev–Trinajstić information content (AvgIpc) is 3.29. The van der Waals surface area contributed by atoms with E-state index in [0.29, 0.717) is 12.3 Å². The molecule has 0 amide bonds. The summed E-state index contributed by atoms with van der Waals surface area (Å²) in [5.74, 6) is 0.834. The summed E-state index contributed by atoms with van der Waals surface area (Å²) in [5.41, 5.74) is 9.62. The molecule has 36 heavy (non-hydrogen) atoms. The van der Waals surface area contributed by atoms with Crippen LogP contribution in [0.1, 0.15) is 5.56 Å². The fourth-order valence-corrected chi connectivity index (χ4v) is 4.19. The van der Waals surface area contributed by atoms with Crippen molar-refractivity contribution in [1.29, 1.82) is 5.41 Å². The molecular weight excluding hydrogens is 466 g/mol. The van der Waals surface area contributed by atoms with Crippen molar-refractivity contribution in [2.24, 2.45) is 5.73 Å². The number of ether oxygens (including phenoxy) is 1. The molecule has 0 unspecified atom stereocenters. The van der Waals surface area contributed by atoms with Gasteiger partial charge >= 0.3 is 0 Å². The maximum Gasteiger partial charge on any atom is 0.119 e. The summed E-state index contributed by atoms with van der Waals surface area (Å²) >= 11 is 1.67. The molecule has 5 nitrogen and oxygen atoms in total. The summed E-state index contributed by atoms with van der Waals surface area (Å²) in [7, 11) is 3.18. The Labute approximate surface area is 217 Å². The van der Waals surface area contributed by atoms with Crippen LogP contribution in [-0.2, 0) is 11.3 Å². The Morgan fingerprint density at radius 3 is 2.36 bits per heavy atom. The van der Waals surface area contributed by atoms with Gasteiger partial charge in [0.1, 0.15) is 12.5 Å². The molecule has 3 N–H and O–H groups in total. The molecule has 0 bridgehead atoms. The Kier molecular flexibility index (Phi) is 12.0. The van der Waals surface area contributed by atoms with Crippen molar-refractivity contribution in [2.75, 3.05) is 14.2 Å². The minimum Gasteiger partial charge on any atom is -0.497 e. The molecule has 186 valence electrons. The SMILES string of the molecule is C=O.CN.COc1ccc2c(c1)cc(-c1ccccc1)n2CC(=N)/C=C\C=C\Sc1ccc(C)cc1. The van der Waals surface area contributed by atoms with Gasteiger partial charge in [0.25, 0.3) is 0 Å². The van der Waals surface area contributed by atoms with Gasteiger partial charge in [-0.25, -0.2) is 0 Å². The van der Waals surface area contributed by atoms with Gasteiger partial charge in [-0.1, -0.05) is 71.9 Å². The minimum atomic E-state index is 0.496. The van der Waals surface area contributed by atoms with Gasteiger partial charge in [-0.3, -0.25) is 0 Å². The molecule has 0 spiro atoms. The number of hydrogen-bond acceptors (Lipinski definition) is 5. The van der Waals surface area contributed by atoms with Crippen molar-refractivity contribution in [1.82, 2.24) is 4.57 Å². The van der Waals surface area contributed by atoms with Crippen molar-refractivity contribution in [2.45, 2.75) is 18.4 Å². The second kappa shape index (κ2) is 15.2. The quantitative estimate of drug-likeness (QED) is 0.157. The van der Waals surface area contributed by atoms with Gasteiger partial charge in [0, 0.05) is 21.5 Å². The topological polar surface area (TPSA) is 81.1 Å². The number of thioether (sulfide) groups is 1. The fourth-order valence-electron chi connectivity index (χ4n) is 3.57. The summed E-state index contributed by atoms with van der Waals surface area (Å²) in [5, 5.41) is 11.7. The van der Waals surface area contributed by atoms with E-state index in [4.69, 9.17) is 14.9 Å². The summed E-state index contributed by atoms with van der Waals surface area (Å²) in [6.07, 6.45) is 5.77. The predicted octanol–water partition coefficient (Wildman–Crippen LogP) is 6.90. The molecule has 0 radical (unpaired) electrons. The van der Waals surface area contributed by atoms with Crippen LogP contribution in [-0.4, -0.2) is 31.2 Å². The van der Waals surface area contributed by atoms with E-state index in [1.54, 1.807) is 18.9 Å². The van der Waals surface area contributed by atoms with E-state index in [9.17, 15) is 0 Å². The molecule has 4 aromatic rings. The molecule has 1 aromatic heterocycles. The zero-order chi connectivity index (χ0) is 26.3. The van der Waals surface area contributed by atoms with E-state index in [1.807, 2.05) is 60.8 Å². The van der Waals surface area contributed by atoms with Gasteiger partial charge in [-0.15, -0.1) is 0 Å². The number of nitrogens with two attached hydrogens (primary N) is 1. The zero-order valence-electron chi connectivity index (χ0n) is 21.0. The Morgan fingerprint density at radius 2 is 1.69 bits per heavy atom. The zero-order valence-corrected chi connectivity index (χ0v) is 21.8. The Hall–Kier alpha value is -3.87. The van der Waals surface area contributed by atoms with Crippen LogP contribution >= 0.6 is 11.8 Å². The van der Waals surface area contributed by atoms with E-state index in [0.717, 1.165) is 27.9 Å². The van der Waals surface area contributed by atoms with Crippen LogP contribution in [0, 0.1) is 12.3 Å². The largest absolute Gasteiger partial charge is 0.497 e. The molecule has 4 rings (SSSR count). The van der Waals surface area contributed by atoms with Crippen LogP contribution in [0.4, 0.5) is 0 Å². The van der Waals surface area contributed by atoms with E-state index in [1.165, 1.54) is 17.5 Å². The van der Waals surface area contributed by atoms with Crippen LogP contribution < -0.4 is 10.5 Å². The van der Waals surface area contributed by atoms with Gasteiger partial charge in [-0.05, 0) is 67.4 Å². The van der Waals surface area contributed by atoms with E-state index in [2.05, 4.69) is 65.8 Å². The number of fused-ring (bicyclic) bond motifs is 1. The van der Waals surface area contributed by atoms with E-state index in [-0.39, 0.29) is 0 Å². The first-order valence-corrected chi connectivity index (χ1v) is 12.3. The van der Waals surface area contributed by atoms with Crippen molar-refractivity contribution in [3.05, 3.63) is 108 Å². The summed E-state index contributed by atoms with van der Waals surface area (Å²) in [6, 6.07) is 27.0. The van der Waals surface area contributed by atoms with Gasteiger partial charge in [0.15, 0.2) is 0 Å². The third kappa shape index (κ3) is 7.83. The molecular formula is C30H33N3O2S. The number of methoxy groups -OCH3 is 1. The van der Waals surface area contributed by atoms with Crippen LogP contribution in [0.5, 0.6) is 5.75 Å².